The number of halogens is 5. The van der Waals surface area contributed by atoms with Crippen LogP contribution in [0.25, 0.3) is 22.4 Å². The van der Waals surface area contributed by atoms with Crippen molar-refractivity contribution in [3.63, 3.8) is 0 Å². The predicted octanol–water partition coefficient (Wildman–Crippen LogP) is 4.92. The Hall–Kier alpha value is -2.28. The molecule has 1 heterocycles. The molecule has 22 heavy (non-hydrogen) atoms. The van der Waals surface area contributed by atoms with Gasteiger partial charge in [-0.05, 0) is 30.3 Å². The number of alkyl halides is 3. The van der Waals surface area contributed by atoms with Crippen LogP contribution < -0.4 is 4.74 Å². The summed E-state index contributed by atoms with van der Waals surface area (Å²) in [7, 11) is 0. The summed E-state index contributed by atoms with van der Waals surface area (Å²) in [6.45, 7) is 0. The van der Waals surface area contributed by atoms with E-state index in [2.05, 4.69) is 14.7 Å². The minimum atomic E-state index is -4.74. The van der Waals surface area contributed by atoms with Crippen LogP contribution in [0.1, 0.15) is 0 Å². The molecule has 0 unspecified atom stereocenters. The topological polar surface area (TPSA) is 37.9 Å². The van der Waals surface area contributed by atoms with E-state index in [4.69, 9.17) is 11.6 Å². The summed E-state index contributed by atoms with van der Waals surface area (Å²) in [6.07, 6.45) is -4.74. The van der Waals surface area contributed by atoms with Crippen LogP contribution in [-0.2, 0) is 0 Å². The molecule has 0 aliphatic heterocycles. The number of aromatic amines is 1. The van der Waals surface area contributed by atoms with Crippen molar-refractivity contribution in [1.29, 1.82) is 0 Å². The molecule has 2 aromatic carbocycles. The molecule has 1 aromatic heterocycles. The molecular weight excluding hydrogens is 324 g/mol. The van der Waals surface area contributed by atoms with Gasteiger partial charge in [-0.25, -0.2) is 9.37 Å². The van der Waals surface area contributed by atoms with Crippen molar-refractivity contribution in [2.45, 2.75) is 6.36 Å². The third-order valence-corrected chi connectivity index (χ3v) is 3.17. The minimum Gasteiger partial charge on any atom is -0.406 e. The van der Waals surface area contributed by atoms with Gasteiger partial charge in [0.2, 0.25) is 0 Å². The average Bonchev–Trinajstić information content (AvgIpc) is 2.81. The first-order valence-corrected chi connectivity index (χ1v) is 6.40. The maximum absolute atomic E-state index is 13.4. The summed E-state index contributed by atoms with van der Waals surface area (Å²) in [4.78, 5) is 7.09. The van der Waals surface area contributed by atoms with Gasteiger partial charge in [0.25, 0.3) is 0 Å². The molecular formula is C14H7ClF4N2O. The monoisotopic (exact) mass is 330 g/mol. The molecule has 0 aliphatic rings. The molecule has 0 saturated heterocycles. The Labute approximate surface area is 126 Å². The van der Waals surface area contributed by atoms with Crippen molar-refractivity contribution >= 4 is 22.6 Å². The number of imidazole rings is 1. The van der Waals surface area contributed by atoms with E-state index < -0.39 is 12.2 Å². The van der Waals surface area contributed by atoms with Gasteiger partial charge >= 0.3 is 6.36 Å². The molecule has 8 heteroatoms. The van der Waals surface area contributed by atoms with Crippen molar-refractivity contribution in [1.82, 2.24) is 9.97 Å². The molecule has 114 valence electrons. The Morgan fingerprint density at radius 3 is 2.41 bits per heavy atom. The standard InChI is InChI=1S/C14H7ClF4N2O/c15-9-5-11-12(6-10(9)16)21-13(20-11)7-1-3-8(4-2-7)22-14(17,18)19/h1-6H,(H,20,21). The number of nitrogens with one attached hydrogen (secondary N) is 1. The van der Waals surface area contributed by atoms with Crippen LogP contribution in [0.4, 0.5) is 17.6 Å². The summed E-state index contributed by atoms with van der Waals surface area (Å²) < 4.78 is 53.4. The Morgan fingerprint density at radius 1 is 1.09 bits per heavy atom. The molecule has 3 rings (SSSR count). The molecule has 0 fully saturated rings. The van der Waals surface area contributed by atoms with Gasteiger partial charge in [0, 0.05) is 11.6 Å². The highest BCUT2D eigenvalue weighted by molar-refractivity contribution is 6.31. The predicted molar refractivity (Wildman–Crippen MR) is 73.2 cm³/mol. The molecule has 0 radical (unpaired) electrons. The Morgan fingerprint density at radius 2 is 1.77 bits per heavy atom. The molecule has 3 nitrogen and oxygen atoms in total. The molecule has 0 aliphatic carbocycles. The highest BCUT2D eigenvalue weighted by atomic mass is 35.5. The van der Waals surface area contributed by atoms with Gasteiger partial charge in [-0.15, -0.1) is 13.2 Å². The van der Waals surface area contributed by atoms with Gasteiger partial charge in [0.05, 0.1) is 16.1 Å². The lowest BCUT2D eigenvalue weighted by atomic mass is 10.2. The fourth-order valence-electron chi connectivity index (χ4n) is 1.96. The van der Waals surface area contributed by atoms with Gasteiger partial charge in [-0.1, -0.05) is 11.6 Å². The number of ether oxygens (including phenoxy) is 1. The second kappa shape index (κ2) is 5.17. The van der Waals surface area contributed by atoms with Crippen LogP contribution >= 0.6 is 11.6 Å². The van der Waals surface area contributed by atoms with E-state index in [9.17, 15) is 17.6 Å². The quantitative estimate of drug-likeness (QED) is 0.677. The molecule has 0 amide bonds. The van der Waals surface area contributed by atoms with Crippen molar-refractivity contribution in [3.05, 3.63) is 47.2 Å². The SMILES string of the molecule is Fc1cc2[nH]c(-c3ccc(OC(F)(F)F)cc3)nc2cc1Cl. The second-order valence-corrected chi connectivity index (χ2v) is 4.85. The zero-order chi connectivity index (χ0) is 15.9. The number of hydrogen-bond acceptors (Lipinski definition) is 2. The molecule has 0 atom stereocenters. The van der Waals surface area contributed by atoms with Gasteiger partial charge in [-0.3, -0.25) is 0 Å². The number of H-pyrrole nitrogens is 1. The van der Waals surface area contributed by atoms with Crippen LogP contribution in [-0.4, -0.2) is 16.3 Å². The van der Waals surface area contributed by atoms with Gasteiger partial charge in [-0.2, -0.15) is 0 Å². The van der Waals surface area contributed by atoms with E-state index in [1.54, 1.807) is 0 Å². The lowest BCUT2D eigenvalue weighted by Crippen LogP contribution is -2.16. The summed E-state index contributed by atoms with van der Waals surface area (Å²) in [5.74, 6) is -0.532. The van der Waals surface area contributed by atoms with Crippen LogP contribution in [0, 0.1) is 5.82 Å². The van der Waals surface area contributed by atoms with Crippen molar-refractivity contribution in [2.24, 2.45) is 0 Å². The first kappa shape index (κ1) is 14.6. The van der Waals surface area contributed by atoms with E-state index >= 15 is 0 Å². The zero-order valence-electron chi connectivity index (χ0n) is 10.7. The summed E-state index contributed by atoms with van der Waals surface area (Å²) >= 11 is 5.67. The molecule has 0 spiro atoms. The zero-order valence-corrected chi connectivity index (χ0v) is 11.5. The van der Waals surface area contributed by atoms with Crippen LogP contribution in [0.3, 0.4) is 0 Å². The van der Waals surface area contributed by atoms with Gasteiger partial charge < -0.3 is 9.72 Å². The molecule has 3 aromatic rings. The molecule has 0 saturated carbocycles. The first-order chi connectivity index (χ1) is 10.3. The van der Waals surface area contributed by atoms with Crippen molar-refractivity contribution in [2.75, 3.05) is 0 Å². The Kier molecular flexibility index (Phi) is 3.44. The Balaban J connectivity index is 1.94. The van der Waals surface area contributed by atoms with E-state index in [1.807, 2.05) is 0 Å². The molecule has 0 bridgehead atoms. The van der Waals surface area contributed by atoms with E-state index in [0.29, 0.717) is 22.4 Å². The van der Waals surface area contributed by atoms with Crippen LogP contribution in [0.2, 0.25) is 5.02 Å². The Bertz CT molecular complexity index is 788. The fourth-order valence-corrected chi connectivity index (χ4v) is 2.11. The van der Waals surface area contributed by atoms with Crippen molar-refractivity contribution in [3.8, 4) is 17.1 Å². The number of benzene rings is 2. The third kappa shape index (κ3) is 2.99. The smallest absolute Gasteiger partial charge is 0.406 e. The number of nitrogens with zero attached hydrogens (tertiary/aromatic N) is 1. The number of aromatic nitrogens is 2. The van der Waals surface area contributed by atoms with Crippen molar-refractivity contribution < 1.29 is 22.3 Å². The van der Waals surface area contributed by atoms with Gasteiger partial charge in [0.1, 0.15) is 17.4 Å². The lowest BCUT2D eigenvalue weighted by molar-refractivity contribution is -0.274. The normalized spacial score (nSPS) is 11.9. The number of fused-ring (bicyclic) bond motifs is 1. The number of hydrogen-bond donors (Lipinski definition) is 1. The summed E-state index contributed by atoms with van der Waals surface area (Å²) in [5.41, 5.74) is 1.42. The van der Waals surface area contributed by atoms with E-state index in [-0.39, 0.29) is 10.8 Å². The summed E-state index contributed by atoms with van der Waals surface area (Å²) in [6, 6.07) is 7.74. The third-order valence-electron chi connectivity index (χ3n) is 2.89. The van der Waals surface area contributed by atoms with E-state index in [1.165, 1.54) is 36.4 Å². The van der Waals surface area contributed by atoms with E-state index in [0.717, 1.165) is 0 Å². The molecule has 1 N–H and O–H groups in total. The second-order valence-electron chi connectivity index (χ2n) is 4.44. The highest BCUT2D eigenvalue weighted by Gasteiger charge is 2.31. The summed E-state index contributed by atoms with van der Waals surface area (Å²) in [5, 5.41) is -0.0560. The van der Waals surface area contributed by atoms with Crippen LogP contribution in [0.15, 0.2) is 36.4 Å². The number of rotatable bonds is 2. The maximum atomic E-state index is 13.4. The van der Waals surface area contributed by atoms with Gasteiger partial charge in [0.15, 0.2) is 0 Å². The fraction of sp³-hybridized carbons (Fsp3) is 0.0714. The minimum absolute atomic E-state index is 0.0560. The average molecular weight is 331 g/mol. The highest BCUT2D eigenvalue weighted by Crippen LogP contribution is 2.28. The maximum Gasteiger partial charge on any atom is 0.573 e. The lowest BCUT2D eigenvalue weighted by Gasteiger charge is -2.08. The first-order valence-electron chi connectivity index (χ1n) is 6.03. The largest absolute Gasteiger partial charge is 0.573 e. The van der Waals surface area contributed by atoms with Crippen LogP contribution in [0.5, 0.6) is 5.75 Å².